The zero-order chi connectivity index (χ0) is 13.9. The Morgan fingerprint density at radius 2 is 1.95 bits per heavy atom. The SMILES string of the molecule is COc1cc(CNOC(C)(C)C)cc2c1OCCO2. The van der Waals surface area contributed by atoms with Gasteiger partial charge in [0.25, 0.3) is 0 Å². The van der Waals surface area contributed by atoms with Gasteiger partial charge in [0.05, 0.1) is 12.7 Å². The Bertz CT molecular complexity index is 423. The molecule has 0 aromatic heterocycles. The van der Waals surface area contributed by atoms with Gasteiger partial charge in [0, 0.05) is 6.54 Å². The maximum Gasteiger partial charge on any atom is 0.203 e. The Hall–Kier alpha value is -1.46. The van der Waals surface area contributed by atoms with Crippen LogP contribution in [-0.4, -0.2) is 25.9 Å². The number of fused-ring (bicyclic) bond motifs is 1. The first-order valence-electron chi connectivity index (χ1n) is 6.37. The molecule has 1 aromatic carbocycles. The molecule has 1 N–H and O–H groups in total. The van der Waals surface area contributed by atoms with Gasteiger partial charge in [-0.25, -0.2) is 0 Å². The van der Waals surface area contributed by atoms with Crippen molar-refractivity contribution in [1.82, 2.24) is 5.48 Å². The van der Waals surface area contributed by atoms with E-state index in [0.717, 1.165) is 11.3 Å². The fourth-order valence-corrected chi connectivity index (χ4v) is 1.77. The monoisotopic (exact) mass is 267 g/mol. The number of nitrogens with one attached hydrogen (secondary N) is 1. The molecule has 0 amide bonds. The molecule has 0 atom stereocenters. The van der Waals surface area contributed by atoms with Crippen LogP contribution in [0.2, 0.25) is 0 Å². The second kappa shape index (κ2) is 5.67. The van der Waals surface area contributed by atoms with Crippen LogP contribution in [0.5, 0.6) is 17.2 Å². The van der Waals surface area contributed by atoms with Gasteiger partial charge in [-0.3, -0.25) is 4.84 Å². The van der Waals surface area contributed by atoms with Crippen molar-refractivity contribution in [3.63, 3.8) is 0 Å². The van der Waals surface area contributed by atoms with E-state index in [1.807, 2.05) is 32.9 Å². The van der Waals surface area contributed by atoms with E-state index in [2.05, 4.69) is 5.48 Å². The molecule has 19 heavy (non-hydrogen) atoms. The molecule has 1 aliphatic heterocycles. The highest BCUT2D eigenvalue weighted by molar-refractivity contribution is 5.54. The molecule has 2 rings (SSSR count). The molecule has 106 valence electrons. The van der Waals surface area contributed by atoms with Gasteiger partial charge < -0.3 is 14.2 Å². The lowest BCUT2D eigenvalue weighted by Crippen LogP contribution is -2.28. The zero-order valence-corrected chi connectivity index (χ0v) is 11.9. The van der Waals surface area contributed by atoms with E-state index in [4.69, 9.17) is 19.0 Å². The summed E-state index contributed by atoms with van der Waals surface area (Å²) in [5, 5.41) is 0. The average molecular weight is 267 g/mol. The maximum absolute atomic E-state index is 5.58. The van der Waals surface area contributed by atoms with Crippen LogP contribution in [0.25, 0.3) is 0 Å². The molecule has 5 heteroatoms. The largest absolute Gasteiger partial charge is 0.493 e. The van der Waals surface area contributed by atoms with Gasteiger partial charge in [-0.2, -0.15) is 5.48 Å². The maximum atomic E-state index is 5.58. The Balaban J connectivity index is 2.09. The van der Waals surface area contributed by atoms with Crippen molar-refractivity contribution in [3.05, 3.63) is 17.7 Å². The molecule has 0 radical (unpaired) electrons. The molecule has 0 unspecified atom stereocenters. The molecule has 0 saturated heterocycles. The standard InChI is InChI=1S/C14H21NO4/c1-14(2,3)19-15-9-10-7-11(16-4)13-12(8-10)17-5-6-18-13/h7-8,15H,5-6,9H2,1-4H3. The second-order valence-corrected chi connectivity index (χ2v) is 5.36. The quantitative estimate of drug-likeness (QED) is 0.848. The Morgan fingerprint density at radius 1 is 1.21 bits per heavy atom. The summed E-state index contributed by atoms with van der Waals surface area (Å²) in [4.78, 5) is 5.49. The number of benzene rings is 1. The van der Waals surface area contributed by atoms with Gasteiger partial charge in [-0.15, -0.1) is 0 Å². The summed E-state index contributed by atoms with van der Waals surface area (Å²) >= 11 is 0. The molecular weight excluding hydrogens is 246 g/mol. The number of rotatable bonds is 4. The van der Waals surface area contributed by atoms with Crippen LogP contribution in [0.3, 0.4) is 0 Å². The fraction of sp³-hybridized carbons (Fsp3) is 0.571. The minimum atomic E-state index is -0.224. The minimum absolute atomic E-state index is 0.224. The van der Waals surface area contributed by atoms with Crippen LogP contribution in [0.1, 0.15) is 26.3 Å². The number of ether oxygens (including phenoxy) is 3. The molecule has 0 saturated carbocycles. The Kier molecular flexibility index (Phi) is 4.17. The highest BCUT2D eigenvalue weighted by atomic mass is 16.7. The van der Waals surface area contributed by atoms with Crippen LogP contribution in [0.15, 0.2) is 12.1 Å². The predicted molar refractivity (Wildman–Crippen MR) is 71.7 cm³/mol. The highest BCUT2D eigenvalue weighted by Gasteiger charge is 2.18. The smallest absolute Gasteiger partial charge is 0.203 e. The summed E-state index contributed by atoms with van der Waals surface area (Å²) in [6.45, 7) is 7.66. The van der Waals surface area contributed by atoms with E-state index >= 15 is 0 Å². The van der Waals surface area contributed by atoms with Crippen molar-refractivity contribution < 1.29 is 19.0 Å². The topological polar surface area (TPSA) is 49.0 Å². The lowest BCUT2D eigenvalue weighted by molar-refractivity contribution is -0.0758. The van der Waals surface area contributed by atoms with Crippen molar-refractivity contribution >= 4 is 0 Å². The second-order valence-electron chi connectivity index (χ2n) is 5.36. The molecule has 5 nitrogen and oxygen atoms in total. The third-order valence-electron chi connectivity index (χ3n) is 2.54. The summed E-state index contributed by atoms with van der Waals surface area (Å²) in [6.07, 6.45) is 0. The van der Waals surface area contributed by atoms with E-state index in [-0.39, 0.29) is 5.60 Å². The van der Waals surface area contributed by atoms with E-state index in [1.165, 1.54) is 0 Å². The van der Waals surface area contributed by atoms with Crippen LogP contribution in [0.4, 0.5) is 0 Å². The molecular formula is C14H21NO4. The lowest BCUT2D eigenvalue weighted by atomic mass is 10.1. The minimum Gasteiger partial charge on any atom is -0.493 e. The first kappa shape index (κ1) is 14.0. The summed E-state index contributed by atoms with van der Waals surface area (Å²) in [7, 11) is 1.62. The first-order chi connectivity index (χ1) is 8.99. The normalized spacial score (nSPS) is 14.3. The summed E-state index contributed by atoms with van der Waals surface area (Å²) in [5.41, 5.74) is 3.74. The molecule has 0 aliphatic carbocycles. The molecule has 0 fully saturated rings. The van der Waals surface area contributed by atoms with E-state index in [0.29, 0.717) is 31.3 Å². The lowest BCUT2D eigenvalue weighted by Gasteiger charge is -2.22. The van der Waals surface area contributed by atoms with Gasteiger partial charge >= 0.3 is 0 Å². The Labute approximate surface area is 113 Å². The van der Waals surface area contributed by atoms with E-state index < -0.39 is 0 Å². The zero-order valence-electron chi connectivity index (χ0n) is 11.9. The molecule has 1 aromatic rings. The summed E-state index contributed by atoms with van der Waals surface area (Å²) < 4.78 is 16.5. The van der Waals surface area contributed by atoms with Gasteiger partial charge in [0.1, 0.15) is 13.2 Å². The molecule has 0 spiro atoms. The third kappa shape index (κ3) is 3.75. The third-order valence-corrected chi connectivity index (χ3v) is 2.54. The fourth-order valence-electron chi connectivity index (χ4n) is 1.77. The molecule has 1 aliphatic rings. The molecule has 0 bridgehead atoms. The van der Waals surface area contributed by atoms with Crippen LogP contribution in [-0.2, 0) is 11.4 Å². The Morgan fingerprint density at radius 3 is 2.63 bits per heavy atom. The number of hydroxylamine groups is 1. The highest BCUT2D eigenvalue weighted by Crippen LogP contribution is 2.40. The van der Waals surface area contributed by atoms with Crippen LogP contribution < -0.4 is 19.7 Å². The predicted octanol–water partition coefficient (Wildman–Crippen LogP) is 2.29. The van der Waals surface area contributed by atoms with Crippen molar-refractivity contribution in [1.29, 1.82) is 0 Å². The number of hydrogen-bond donors (Lipinski definition) is 1. The van der Waals surface area contributed by atoms with Gasteiger partial charge in [-0.1, -0.05) is 0 Å². The number of hydrogen-bond acceptors (Lipinski definition) is 5. The number of methoxy groups -OCH3 is 1. The van der Waals surface area contributed by atoms with Gasteiger partial charge in [-0.05, 0) is 38.5 Å². The van der Waals surface area contributed by atoms with Gasteiger partial charge in [0.2, 0.25) is 5.75 Å². The van der Waals surface area contributed by atoms with Crippen molar-refractivity contribution in [2.45, 2.75) is 32.9 Å². The average Bonchev–Trinajstić information content (AvgIpc) is 2.36. The van der Waals surface area contributed by atoms with Gasteiger partial charge in [0.15, 0.2) is 11.5 Å². The summed E-state index contributed by atoms with van der Waals surface area (Å²) in [5.74, 6) is 2.08. The summed E-state index contributed by atoms with van der Waals surface area (Å²) in [6, 6.07) is 3.86. The van der Waals surface area contributed by atoms with E-state index in [9.17, 15) is 0 Å². The van der Waals surface area contributed by atoms with Crippen molar-refractivity contribution in [2.75, 3.05) is 20.3 Å². The molecule has 1 heterocycles. The van der Waals surface area contributed by atoms with Crippen molar-refractivity contribution in [2.24, 2.45) is 0 Å². The van der Waals surface area contributed by atoms with E-state index in [1.54, 1.807) is 7.11 Å². The van der Waals surface area contributed by atoms with Crippen LogP contribution >= 0.6 is 0 Å². The van der Waals surface area contributed by atoms with Crippen LogP contribution in [0, 0.1) is 0 Å². The van der Waals surface area contributed by atoms with Crippen molar-refractivity contribution in [3.8, 4) is 17.2 Å². The first-order valence-corrected chi connectivity index (χ1v) is 6.37.